The fourth-order valence-corrected chi connectivity index (χ4v) is 5.05. The molecule has 0 amide bonds. The Labute approximate surface area is 269 Å². The predicted octanol–water partition coefficient (Wildman–Crippen LogP) is 7.07. The number of likely N-dealkylation sites (N-methyl/N-ethyl adjacent to an activating group) is 1. The van der Waals surface area contributed by atoms with Crippen molar-refractivity contribution in [2.75, 3.05) is 41.0 Å². The summed E-state index contributed by atoms with van der Waals surface area (Å²) in [6, 6.07) is -0.721. The Balaban J connectivity index is 4.48. The van der Waals surface area contributed by atoms with Crippen LogP contribution in [-0.2, 0) is 28.6 Å². The van der Waals surface area contributed by atoms with Crippen molar-refractivity contribution in [1.82, 2.24) is 0 Å². The molecule has 0 aromatic rings. The van der Waals surface area contributed by atoms with Gasteiger partial charge in [0.25, 0.3) is 0 Å². The van der Waals surface area contributed by atoms with Gasteiger partial charge in [0, 0.05) is 19.3 Å². The number of aliphatic carboxylic acids is 1. The summed E-state index contributed by atoms with van der Waals surface area (Å²) in [6.07, 6.45) is 25.2. The molecule has 0 aromatic heterocycles. The molecule has 44 heavy (non-hydrogen) atoms. The highest BCUT2D eigenvalue weighted by atomic mass is 16.6. The summed E-state index contributed by atoms with van der Waals surface area (Å²) < 4.78 is 17.0. The smallest absolute Gasteiger partial charge is 0.306 e. The minimum Gasteiger partial charge on any atom is -0.544 e. The van der Waals surface area contributed by atoms with E-state index in [0.717, 1.165) is 57.8 Å². The molecule has 0 spiro atoms. The predicted molar refractivity (Wildman–Crippen MR) is 176 cm³/mol. The number of unbranched alkanes of at least 4 members (excludes halogenated alkanes) is 15. The molecule has 2 atom stereocenters. The number of carboxylic acids is 1. The number of hydrogen-bond acceptors (Lipinski definition) is 7. The van der Waals surface area contributed by atoms with E-state index < -0.39 is 18.1 Å². The first-order valence-electron chi connectivity index (χ1n) is 17.7. The molecule has 0 bridgehead atoms. The number of rotatable bonds is 31. The maximum absolute atomic E-state index is 12.5. The van der Waals surface area contributed by atoms with Gasteiger partial charge in [-0.15, -0.1) is 0 Å². The normalized spacial score (nSPS) is 13.2. The lowest BCUT2D eigenvalue weighted by Gasteiger charge is -2.34. The van der Waals surface area contributed by atoms with Crippen LogP contribution in [0.15, 0.2) is 12.2 Å². The Morgan fingerprint density at radius 2 is 1.16 bits per heavy atom. The van der Waals surface area contributed by atoms with Crippen LogP contribution in [0, 0.1) is 0 Å². The Morgan fingerprint density at radius 1 is 0.659 bits per heavy atom. The molecule has 0 N–H and O–H groups in total. The fraction of sp³-hybridized carbons (Fsp3) is 0.861. The van der Waals surface area contributed by atoms with E-state index in [1.54, 1.807) is 21.1 Å². The summed E-state index contributed by atoms with van der Waals surface area (Å²) in [5, 5.41) is 11.5. The van der Waals surface area contributed by atoms with Crippen LogP contribution in [0.1, 0.15) is 149 Å². The van der Waals surface area contributed by atoms with E-state index >= 15 is 0 Å². The second-order valence-electron chi connectivity index (χ2n) is 13.1. The van der Waals surface area contributed by atoms with Crippen molar-refractivity contribution < 1.29 is 38.2 Å². The summed E-state index contributed by atoms with van der Waals surface area (Å²) in [7, 11) is 5.39. The average Bonchev–Trinajstić information content (AvgIpc) is 2.96. The van der Waals surface area contributed by atoms with Gasteiger partial charge in [-0.25, -0.2) is 0 Å². The standard InChI is InChI=1S/C36H67NO7/c1-6-8-10-12-14-16-18-20-22-24-26-34(38)43-31-32(30-42-29-28-33(36(40)41)37(3,4)5)44-35(39)27-25-23-21-19-17-15-13-11-9-7-2/h13,15,32-33H,6-12,14,16-31H2,1-5H3/b15-13+. The van der Waals surface area contributed by atoms with Gasteiger partial charge in [0.05, 0.1) is 40.3 Å². The number of hydrogen-bond donors (Lipinski definition) is 0. The van der Waals surface area contributed by atoms with Gasteiger partial charge in [-0.2, -0.15) is 0 Å². The van der Waals surface area contributed by atoms with Crippen LogP contribution in [0.2, 0.25) is 0 Å². The summed E-state index contributed by atoms with van der Waals surface area (Å²) >= 11 is 0. The molecule has 2 unspecified atom stereocenters. The molecule has 0 aliphatic rings. The van der Waals surface area contributed by atoms with Crippen LogP contribution >= 0.6 is 0 Å². The molecule has 8 heteroatoms. The molecule has 0 saturated carbocycles. The number of nitrogens with zero attached hydrogens (tertiary/aromatic N) is 1. The second kappa shape index (κ2) is 28.5. The first-order valence-corrected chi connectivity index (χ1v) is 17.7. The van der Waals surface area contributed by atoms with Gasteiger partial charge in [0.2, 0.25) is 0 Å². The van der Waals surface area contributed by atoms with Crippen LogP contribution in [0.3, 0.4) is 0 Å². The maximum atomic E-state index is 12.5. The minimum atomic E-state index is -1.13. The molecule has 0 aliphatic carbocycles. The molecule has 0 fully saturated rings. The average molecular weight is 626 g/mol. The Bertz CT molecular complexity index is 747. The van der Waals surface area contributed by atoms with Crippen molar-refractivity contribution in [1.29, 1.82) is 0 Å². The lowest BCUT2D eigenvalue weighted by atomic mass is 10.1. The Kier molecular flexibility index (Phi) is 27.3. The molecule has 0 aliphatic heterocycles. The molecule has 8 nitrogen and oxygen atoms in total. The zero-order valence-corrected chi connectivity index (χ0v) is 29.1. The number of carbonyl (C=O) groups is 3. The van der Waals surface area contributed by atoms with Crippen molar-refractivity contribution in [3.05, 3.63) is 12.2 Å². The monoisotopic (exact) mass is 625 g/mol. The van der Waals surface area contributed by atoms with E-state index in [2.05, 4.69) is 26.0 Å². The van der Waals surface area contributed by atoms with Crippen LogP contribution in [-0.4, -0.2) is 75.5 Å². The van der Waals surface area contributed by atoms with Crippen LogP contribution in [0.25, 0.3) is 0 Å². The largest absolute Gasteiger partial charge is 0.544 e. The number of carboxylic acid groups (broad SMARTS) is 1. The van der Waals surface area contributed by atoms with E-state index in [1.807, 2.05) is 0 Å². The van der Waals surface area contributed by atoms with Gasteiger partial charge < -0.3 is 28.6 Å². The second-order valence-corrected chi connectivity index (χ2v) is 13.1. The highest BCUT2D eigenvalue weighted by Gasteiger charge is 2.25. The third-order valence-corrected chi connectivity index (χ3v) is 7.90. The SMILES string of the molecule is CCCC/C=C/CCCCCCC(=O)OC(COCCC(C(=O)[O-])[N+](C)(C)C)COC(=O)CCCCCCCCCCCC. The molecule has 0 rings (SSSR count). The number of esters is 2. The van der Waals surface area contributed by atoms with Gasteiger partial charge in [-0.05, 0) is 32.1 Å². The lowest BCUT2D eigenvalue weighted by Crippen LogP contribution is -2.55. The van der Waals surface area contributed by atoms with E-state index in [4.69, 9.17) is 14.2 Å². The molecule has 258 valence electrons. The van der Waals surface area contributed by atoms with Crippen molar-refractivity contribution in [2.24, 2.45) is 0 Å². The van der Waals surface area contributed by atoms with Crippen molar-refractivity contribution in [3.8, 4) is 0 Å². The highest BCUT2D eigenvalue weighted by molar-refractivity contribution is 5.70. The van der Waals surface area contributed by atoms with Crippen molar-refractivity contribution >= 4 is 17.9 Å². The van der Waals surface area contributed by atoms with Gasteiger partial charge in [0.1, 0.15) is 12.6 Å². The van der Waals surface area contributed by atoms with Crippen LogP contribution in [0.4, 0.5) is 0 Å². The van der Waals surface area contributed by atoms with Crippen LogP contribution in [0.5, 0.6) is 0 Å². The van der Waals surface area contributed by atoms with Crippen LogP contribution < -0.4 is 5.11 Å². The van der Waals surface area contributed by atoms with E-state index in [9.17, 15) is 19.5 Å². The Morgan fingerprint density at radius 3 is 1.70 bits per heavy atom. The van der Waals surface area contributed by atoms with E-state index in [-0.39, 0.29) is 42.7 Å². The number of quaternary nitrogens is 1. The van der Waals surface area contributed by atoms with Gasteiger partial charge in [-0.1, -0.05) is 109 Å². The third kappa shape index (κ3) is 26.5. The lowest BCUT2D eigenvalue weighted by molar-refractivity contribution is -0.889. The van der Waals surface area contributed by atoms with Crippen molar-refractivity contribution in [2.45, 2.75) is 161 Å². The fourth-order valence-electron chi connectivity index (χ4n) is 5.05. The van der Waals surface area contributed by atoms with Gasteiger partial charge in [0.15, 0.2) is 6.10 Å². The third-order valence-electron chi connectivity index (χ3n) is 7.90. The van der Waals surface area contributed by atoms with Gasteiger partial charge >= 0.3 is 11.9 Å². The van der Waals surface area contributed by atoms with E-state index in [1.165, 1.54) is 57.8 Å². The van der Waals surface area contributed by atoms with Crippen molar-refractivity contribution in [3.63, 3.8) is 0 Å². The number of allylic oxidation sites excluding steroid dienone is 2. The molecule has 0 radical (unpaired) electrons. The molecule has 0 aromatic carbocycles. The number of ether oxygens (including phenoxy) is 3. The molecular weight excluding hydrogens is 558 g/mol. The minimum absolute atomic E-state index is 0.0402. The first kappa shape index (κ1) is 42.1. The summed E-state index contributed by atoms with van der Waals surface area (Å²) in [4.78, 5) is 36.4. The summed E-state index contributed by atoms with van der Waals surface area (Å²) in [5.41, 5.74) is 0. The molecule has 0 saturated heterocycles. The number of carbonyl (C=O) groups excluding carboxylic acids is 3. The molecular formula is C36H67NO7. The quantitative estimate of drug-likeness (QED) is 0.0351. The van der Waals surface area contributed by atoms with Gasteiger partial charge in [-0.3, -0.25) is 9.59 Å². The Hall–Kier alpha value is -1.93. The summed E-state index contributed by atoms with van der Waals surface area (Å²) in [5.74, 6) is -1.75. The maximum Gasteiger partial charge on any atom is 0.306 e. The topological polar surface area (TPSA) is 102 Å². The summed E-state index contributed by atoms with van der Waals surface area (Å²) in [6.45, 7) is 4.57. The zero-order valence-electron chi connectivity index (χ0n) is 29.1. The first-order chi connectivity index (χ1) is 21.1. The van der Waals surface area contributed by atoms with E-state index in [0.29, 0.717) is 12.8 Å². The zero-order chi connectivity index (χ0) is 32.9. The highest BCUT2D eigenvalue weighted by Crippen LogP contribution is 2.13. The molecule has 0 heterocycles.